The Labute approximate surface area is 120 Å². The highest BCUT2D eigenvalue weighted by atomic mass is 32.1. The molecule has 1 aliphatic rings. The molecule has 1 aromatic heterocycles. The van der Waals surface area contributed by atoms with Gasteiger partial charge in [0.15, 0.2) is 0 Å². The van der Waals surface area contributed by atoms with E-state index < -0.39 is 0 Å². The SMILES string of the molecule is COCCNC(c1nc2c(s1)CCCC2)C(C)(C)C. The summed E-state index contributed by atoms with van der Waals surface area (Å²) in [6.45, 7) is 8.45. The Balaban J connectivity index is 2.15. The van der Waals surface area contributed by atoms with Crippen molar-refractivity contribution in [3.05, 3.63) is 15.6 Å². The van der Waals surface area contributed by atoms with Crippen molar-refractivity contribution in [2.45, 2.75) is 52.5 Å². The van der Waals surface area contributed by atoms with Gasteiger partial charge in [-0.05, 0) is 31.1 Å². The highest BCUT2D eigenvalue weighted by Gasteiger charge is 2.30. The number of methoxy groups -OCH3 is 1. The summed E-state index contributed by atoms with van der Waals surface area (Å²) in [6.07, 6.45) is 5.02. The Morgan fingerprint density at radius 2 is 2.05 bits per heavy atom. The lowest BCUT2D eigenvalue weighted by molar-refractivity contribution is 0.181. The molecular weight excluding hydrogens is 256 g/mol. The van der Waals surface area contributed by atoms with Gasteiger partial charge in [-0.15, -0.1) is 11.3 Å². The molecule has 0 radical (unpaired) electrons. The molecular formula is C15H26N2OS. The number of thiazole rings is 1. The normalized spacial score (nSPS) is 17.3. The summed E-state index contributed by atoms with van der Waals surface area (Å²) in [5, 5.41) is 4.87. The Hall–Kier alpha value is -0.450. The summed E-state index contributed by atoms with van der Waals surface area (Å²) in [5.41, 5.74) is 1.53. The summed E-state index contributed by atoms with van der Waals surface area (Å²) in [4.78, 5) is 6.43. The minimum atomic E-state index is 0.175. The fraction of sp³-hybridized carbons (Fsp3) is 0.800. The van der Waals surface area contributed by atoms with Gasteiger partial charge < -0.3 is 10.1 Å². The van der Waals surface area contributed by atoms with Crippen LogP contribution in [0.5, 0.6) is 0 Å². The number of nitrogens with zero attached hydrogens (tertiary/aromatic N) is 1. The molecule has 2 rings (SSSR count). The van der Waals surface area contributed by atoms with E-state index in [2.05, 4.69) is 26.1 Å². The van der Waals surface area contributed by atoms with Gasteiger partial charge in [0.1, 0.15) is 5.01 Å². The number of rotatable bonds is 5. The Morgan fingerprint density at radius 1 is 1.32 bits per heavy atom. The summed E-state index contributed by atoms with van der Waals surface area (Å²) in [5.74, 6) is 0. The van der Waals surface area contributed by atoms with E-state index in [0.717, 1.165) is 13.2 Å². The molecule has 0 saturated heterocycles. The first-order valence-corrected chi connectivity index (χ1v) is 8.05. The summed E-state index contributed by atoms with van der Waals surface area (Å²) >= 11 is 1.91. The van der Waals surface area contributed by atoms with Crippen molar-refractivity contribution in [1.82, 2.24) is 10.3 Å². The third kappa shape index (κ3) is 3.77. The van der Waals surface area contributed by atoms with Crippen LogP contribution < -0.4 is 5.32 Å². The Kier molecular flexibility index (Phi) is 4.98. The zero-order chi connectivity index (χ0) is 13.9. The molecule has 0 bridgehead atoms. The quantitative estimate of drug-likeness (QED) is 0.841. The highest BCUT2D eigenvalue weighted by Crippen LogP contribution is 2.37. The molecule has 19 heavy (non-hydrogen) atoms. The average molecular weight is 282 g/mol. The lowest BCUT2D eigenvalue weighted by atomic mass is 9.87. The maximum atomic E-state index is 5.14. The van der Waals surface area contributed by atoms with E-state index in [1.54, 1.807) is 7.11 Å². The molecule has 0 spiro atoms. The van der Waals surface area contributed by atoms with E-state index in [4.69, 9.17) is 9.72 Å². The Bertz CT molecular complexity index is 385. The molecule has 0 fully saturated rings. The number of nitrogens with one attached hydrogen (secondary N) is 1. The molecule has 0 aliphatic heterocycles. The maximum absolute atomic E-state index is 5.14. The van der Waals surface area contributed by atoms with Crippen LogP contribution in [0.15, 0.2) is 0 Å². The van der Waals surface area contributed by atoms with Crippen LogP contribution in [0, 0.1) is 5.41 Å². The summed E-state index contributed by atoms with van der Waals surface area (Å²) in [7, 11) is 1.75. The van der Waals surface area contributed by atoms with Gasteiger partial charge in [-0.25, -0.2) is 4.98 Å². The van der Waals surface area contributed by atoms with E-state index in [1.165, 1.54) is 41.3 Å². The highest BCUT2D eigenvalue weighted by molar-refractivity contribution is 7.11. The zero-order valence-corrected chi connectivity index (χ0v) is 13.4. The van der Waals surface area contributed by atoms with Crippen molar-refractivity contribution in [3.8, 4) is 0 Å². The lowest BCUT2D eigenvalue weighted by Gasteiger charge is -2.30. The fourth-order valence-electron chi connectivity index (χ4n) is 2.56. The van der Waals surface area contributed by atoms with Crippen LogP contribution in [-0.2, 0) is 17.6 Å². The first-order chi connectivity index (χ1) is 9.02. The van der Waals surface area contributed by atoms with E-state index in [1.807, 2.05) is 11.3 Å². The monoisotopic (exact) mass is 282 g/mol. The first kappa shape index (κ1) is 14.9. The number of aryl methyl sites for hydroxylation is 2. The van der Waals surface area contributed by atoms with Crippen LogP contribution in [0.4, 0.5) is 0 Å². The molecule has 1 atom stereocenters. The second-order valence-electron chi connectivity index (χ2n) is 6.38. The topological polar surface area (TPSA) is 34.1 Å². The predicted octanol–water partition coefficient (Wildman–Crippen LogP) is 3.35. The summed E-state index contributed by atoms with van der Waals surface area (Å²) in [6, 6.07) is 0.318. The first-order valence-electron chi connectivity index (χ1n) is 7.23. The van der Waals surface area contributed by atoms with Crippen molar-refractivity contribution < 1.29 is 4.74 Å². The van der Waals surface area contributed by atoms with Gasteiger partial charge in [0.25, 0.3) is 0 Å². The number of fused-ring (bicyclic) bond motifs is 1. The number of ether oxygens (including phenoxy) is 1. The van der Waals surface area contributed by atoms with Crippen LogP contribution >= 0.6 is 11.3 Å². The smallest absolute Gasteiger partial charge is 0.111 e. The largest absolute Gasteiger partial charge is 0.383 e. The average Bonchev–Trinajstić information content (AvgIpc) is 2.76. The van der Waals surface area contributed by atoms with Crippen molar-refractivity contribution in [2.24, 2.45) is 5.41 Å². The van der Waals surface area contributed by atoms with Crippen molar-refractivity contribution in [3.63, 3.8) is 0 Å². The van der Waals surface area contributed by atoms with E-state index in [-0.39, 0.29) is 5.41 Å². The molecule has 1 aromatic rings. The van der Waals surface area contributed by atoms with Crippen LogP contribution in [0.2, 0.25) is 0 Å². The van der Waals surface area contributed by atoms with Crippen LogP contribution in [0.25, 0.3) is 0 Å². The minimum Gasteiger partial charge on any atom is -0.383 e. The van der Waals surface area contributed by atoms with Gasteiger partial charge in [-0.1, -0.05) is 20.8 Å². The van der Waals surface area contributed by atoms with Gasteiger partial charge in [-0.3, -0.25) is 0 Å². The molecule has 4 heteroatoms. The molecule has 0 saturated carbocycles. The van der Waals surface area contributed by atoms with E-state index in [9.17, 15) is 0 Å². The van der Waals surface area contributed by atoms with Gasteiger partial charge in [0, 0.05) is 18.5 Å². The van der Waals surface area contributed by atoms with Crippen molar-refractivity contribution in [1.29, 1.82) is 0 Å². The molecule has 1 N–H and O–H groups in total. The molecule has 1 aliphatic carbocycles. The zero-order valence-electron chi connectivity index (χ0n) is 12.6. The molecule has 1 heterocycles. The fourth-order valence-corrected chi connectivity index (χ4v) is 4.04. The lowest BCUT2D eigenvalue weighted by Crippen LogP contribution is -2.34. The van der Waals surface area contributed by atoms with Crippen LogP contribution in [-0.4, -0.2) is 25.2 Å². The van der Waals surface area contributed by atoms with Gasteiger partial charge in [-0.2, -0.15) is 0 Å². The standard InChI is InChI=1S/C15H26N2OS/c1-15(2,3)13(16-9-10-18-4)14-17-11-7-5-6-8-12(11)19-14/h13,16H,5-10H2,1-4H3. The predicted molar refractivity (Wildman–Crippen MR) is 80.8 cm³/mol. The van der Waals surface area contributed by atoms with Crippen LogP contribution in [0.1, 0.15) is 55.2 Å². The Morgan fingerprint density at radius 3 is 2.68 bits per heavy atom. The van der Waals surface area contributed by atoms with Crippen LogP contribution in [0.3, 0.4) is 0 Å². The van der Waals surface area contributed by atoms with Gasteiger partial charge >= 0.3 is 0 Å². The third-order valence-corrected chi connectivity index (χ3v) is 4.85. The number of hydrogen-bond donors (Lipinski definition) is 1. The summed E-state index contributed by atoms with van der Waals surface area (Å²) < 4.78 is 5.14. The minimum absolute atomic E-state index is 0.175. The second-order valence-corrected chi connectivity index (χ2v) is 7.49. The van der Waals surface area contributed by atoms with Crippen molar-refractivity contribution >= 4 is 11.3 Å². The maximum Gasteiger partial charge on any atom is 0.111 e. The van der Waals surface area contributed by atoms with Crippen molar-refractivity contribution in [2.75, 3.05) is 20.3 Å². The molecule has 108 valence electrons. The molecule has 0 amide bonds. The van der Waals surface area contributed by atoms with E-state index >= 15 is 0 Å². The molecule has 0 aromatic carbocycles. The number of hydrogen-bond acceptors (Lipinski definition) is 4. The number of aromatic nitrogens is 1. The second kappa shape index (κ2) is 6.33. The molecule has 1 unspecified atom stereocenters. The van der Waals surface area contributed by atoms with E-state index in [0.29, 0.717) is 6.04 Å². The van der Waals surface area contributed by atoms with Gasteiger partial charge in [0.2, 0.25) is 0 Å². The third-order valence-electron chi connectivity index (χ3n) is 3.63. The molecule has 3 nitrogen and oxygen atoms in total. The van der Waals surface area contributed by atoms with Gasteiger partial charge in [0.05, 0.1) is 18.3 Å².